The van der Waals surface area contributed by atoms with Gasteiger partial charge in [0.25, 0.3) is 0 Å². The van der Waals surface area contributed by atoms with E-state index in [0.717, 1.165) is 5.56 Å². The van der Waals surface area contributed by atoms with Gasteiger partial charge in [-0.25, -0.2) is 17.2 Å². The quantitative estimate of drug-likeness (QED) is 0.376. The molecule has 0 N–H and O–H groups in total. The fourth-order valence-corrected chi connectivity index (χ4v) is 5.60. The molecule has 0 amide bonds. The van der Waals surface area contributed by atoms with E-state index < -0.39 is 27.8 Å². The van der Waals surface area contributed by atoms with E-state index in [9.17, 15) is 17.2 Å². The van der Waals surface area contributed by atoms with E-state index in [-0.39, 0.29) is 17.1 Å². The van der Waals surface area contributed by atoms with Gasteiger partial charge in [-0.05, 0) is 54.1 Å². The summed E-state index contributed by atoms with van der Waals surface area (Å²) in [6.45, 7) is 1.76. The van der Waals surface area contributed by atoms with Gasteiger partial charge in [-0.2, -0.15) is 4.31 Å². The van der Waals surface area contributed by atoms with Crippen LogP contribution < -0.4 is 0 Å². The van der Waals surface area contributed by atoms with E-state index in [0.29, 0.717) is 42.8 Å². The summed E-state index contributed by atoms with van der Waals surface area (Å²) in [5, 5.41) is 1.03. The van der Waals surface area contributed by atoms with Gasteiger partial charge in [-0.15, -0.1) is 0 Å². The van der Waals surface area contributed by atoms with Crippen molar-refractivity contribution in [3.8, 4) is 0 Å². The van der Waals surface area contributed by atoms with Crippen LogP contribution in [0.5, 0.6) is 0 Å². The second-order valence-electron chi connectivity index (χ2n) is 8.21. The van der Waals surface area contributed by atoms with Gasteiger partial charge in [0.2, 0.25) is 10.0 Å². The van der Waals surface area contributed by atoms with Gasteiger partial charge in [0.05, 0.1) is 17.6 Å². The average Bonchev–Trinajstić information content (AvgIpc) is 2.84. The molecule has 10 heteroatoms. The Hall–Kier alpha value is -2.07. The molecule has 0 bridgehead atoms. The molecule has 0 spiro atoms. The van der Waals surface area contributed by atoms with Crippen molar-refractivity contribution in [2.75, 3.05) is 32.7 Å². The van der Waals surface area contributed by atoms with Crippen molar-refractivity contribution >= 4 is 33.2 Å². The minimum Gasteiger partial charge on any atom is -0.367 e. The van der Waals surface area contributed by atoms with Crippen LogP contribution in [0.1, 0.15) is 17.2 Å². The van der Waals surface area contributed by atoms with Crippen molar-refractivity contribution in [2.24, 2.45) is 0 Å². The van der Waals surface area contributed by atoms with E-state index in [4.69, 9.17) is 27.9 Å². The highest BCUT2D eigenvalue weighted by Gasteiger charge is 2.30. The fraction of sp³-hybridized carbons (Fsp3) is 0.280. The van der Waals surface area contributed by atoms with Crippen LogP contribution in [0.4, 0.5) is 8.78 Å². The summed E-state index contributed by atoms with van der Waals surface area (Å²) in [4.78, 5) is 2.27. The van der Waals surface area contributed by atoms with Gasteiger partial charge in [-0.1, -0.05) is 41.4 Å². The number of hydrogen-bond donors (Lipinski definition) is 0. The molecular formula is C25H24Cl2F2N2O3S. The Morgan fingerprint density at radius 1 is 0.829 bits per heavy atom. The highest BCUT2D eigenvalue weighted by molar-refractivity contribution is 7.89. The molecule has 1 heterocycles. The van der Waals surface area contributed by atoms with Crippen molar-refractivity contribution < 1.29 is 21.9 Å². The lowest BCUT2D eigenvalue weighted by Crippen LogP contribution is -2.49. The summed E-state index contributed by atoms with van der Waals surface area (Å²) in [6.07, 6.45) is -0.495. The lowest BCUT2D eigenvalue weighted by atomic mass is 10.1. The first kappa shape index (κ1) is 26.0. The zero-order valence-corrected chi connectivity index (χ0v) is 21.0. The lowest BCUT2D eigenvalue weighted by Gasteiger charge is -2.36. The summed E-state index contributed by atoms with van der Waals surface area (Å²) < 4.78 is 61.6. The molecule has 1 fully saturated rings. The third-order valence-electron chi connectivity index (χ3n) is 5.94. The predicted molar refractivity (Wildman–Crippen MR) is 132 cm³/mol. The van der Waals surface area contributed by atoms with Crippen LogP contribution in [-0.4, -0.2) is 50.3 Å². The van der Waals surface area contributed by atoms with Crippen LogP contribution in [-0.2, 0) is 21.4 Å². The highest BCUT2D eigenvalue weighted by atomic mass is 35.5. The van der Waals surface area contributed by atoms with Crippen molar-refractivity contribution in [3.63, 3.8) is 0 Å². The monoisotopic (exact) mass is 540 g/mol. The predicted octanol–water partition coefficient (Wildman–Crippen LogP) is 5.54. The topological polar surface area (TPSA) is 49.9 Å². The Morgan fingerprint density at radius 3 is 1.94 bits per heavy atom. The van der Waals surface area contributed by atoms with Gasteiger partial charge in [0.1, 0.15) is 11.6 Å². The molecule has 0 saturated carbocycles. The first-order valence-corrected chi connectivity index (χ1v) is 13.2. The number of ether oxygens (including phenoxy) is 1. The van der Waals surface area contributed by atoms with Gasteiger partial charge in [-0.3, -0.25) is 4.90 Å². The van der Waals surface area contributed by atoms with E-state index in [1.807, 2.05) is 12.1 Å². The summed E-state index contributed by atoms with van der Waals surface area (Å²) in [5.74, 6) is -1.33. The van der Waals surface area contributed by atoms with Crippen LogP contribution >= 0.6 is 23.2 Å². The molecule has 0 aromatic heterocycles. The maximum absolute atomic E-state index is 14.1. The van der Waals surface area contributed by atoms with E-state index >= 15 is 0 Å². The first-order chi connectivity index (χ1) is 16.7. The fourth-order valence-electron chi connectivity index (χ4n) is 3.93. The van der Waals surface area contributed by atoms with Gasteiger partial charge in [0, 0.05) is 48.3 Å². The minimum atomic E-state index is -3.62. The smallest absolute Gasteiger partial charge is 0.243 e. The number of hydrogen-bond acceptors (Lipinski definition) is 4. The summed E-state index contributed by atoms with van der Waals surface area (Å²) in [6, 6.07) is 16.9. The molecule has 5 nitrogen and oxygen atoms in total. The molecule has 0 aliphatic carbocycles. The zero-order chi connectivity index (χ0) is 25.0. The maximum Gasteiger partial charge on any atom is 0.243 e. The third kappa shape index (κ3) is 6.39. The first-order valence-electron chi connectivity index (χ1n) is 11.0. The molecule has 3 aromatic carbocycles. The summed E-state index contributed by atoms with van der Waals surface area (Å²) in [7, 11) is -3.62. The number of piperazine rings is 1. The van der Waals surface area contributed by atoms with Crippen LogP contribution in [0.15, 0.2) is 71.6 Å². The van der Waals surface area contributed by atoms with Crippen LogP contribution in [0.25, 0.3) is 0 Å². The van der Waals surface area contributed by atoms with Gasteiger partial charge in [0.15, 0.2) is 0 Å². The zero-order valence-electron chi connectivity index (χ0n) is 18.7. The van der Waals surface area contributed by atoms with Crippen molar-refractivity contribution in [1.82, 2.24) is 9.21 Å². The molecule has 186 valence electrons. The van der Waals surface area contributed by atoms with Crippen LogP contribution in [0, 0.1) is 11.6 Å². The van der Waals surface area contributed by atoms with Gasteiger partial charge >= 0.3 is 0 Å². The Labute approximate surface area is 213 Å². The summed E-state index contributed by atoms with van der Waals surface area (Å²) >= 11 is 11.9. The molecule has 0 radical (unpaired) electrons. The third-order valence-corrected chi connectivity index (χ3v) is 8.36. The standard InChI is InChI=1S/C25H24Cl2F2N2O3S/c26-19-6-4-18(5-7-19)25(34-17-22-23(28)2-1-3-24(22)29)16-30-12-14-31(15-13-30)35(32,33)21-10-8-20(27)9-11-21/h1-11,25H,12-17H2/t25-/m0/s1. The van der Waals surface area contributed by atoms with Crippen molar-refractivity contribution in [3.05, 3.63) is 99.5 Å². The lowest BCUT2D eigenvalue weighted by molar-refractivity contribution is 0.00547. The Kier molecular flexibility index (Phi) is 8.42. The molecule has 4 rings (SSSR count). The number of nitrogens with zero attached hydrogens (tertiary/aromatic N) is 2. The average molecular weight is 541 g/mol. The largest absolute Gasteiger partial charge is 0.367 e. The molecule has 1 saturated heterocycles. The second-order valence-corrected chi connectivity index (χ2v) is 11.0. The Bertz CT molecular complexity index is 1230. The van der Waals surface area contributed by atoms with Crippen LogP contribution in [0.2, 0.25) is 10.0 Å². The number of halogens is 4. The second kappa shape index (κ2) is 11.3. The SMILES string of the molecule is O=S(=O)(c1ccc(Cl)cc1)N1CCN(C[C@H](OCc2c(F)cccc2F)c2ccc(Cl)cc2)CC1. The summed E-state index contributed by atoms with van der Waals surface area (Å²) in [5.41, 5.74) is 0.674. The molecule has 1 atom stereocenters. The van der Waals surface area contributed by atoms with Crippen molar-refractivity contribution in [2.45, 2.75) is 17.6 Å². The van der Waals surface area contributed by atoms with Crippen LogP contribution in [0.3, 0.4) is 0 Å². The molecular weight excluding hydrogens is 517 g/mol. The molecule has 1 aliphatic heterocycles. The molecule has 35 heavy (non-hydrogen) atoms. The molecule has 0 unspecified atom stereocenters. The van der Waals surface area contributed by atoms with Crippen molar-refractivity contribution in [1.29, 1.82) is 0 Å². The number of rotatable bonds is 8. The Balaban J connectivity index is 1.44. The van der Waals surface area contributed by atoms with E-state index in [2.05, 4.69) is 4.90 Å². The number of benzene rings is 3. The van der Waals surface area contributed by atoms with E-state index in [1.54, 1.807) is 24.3 Å². The number of sulfonamides is 1. The maximum atomic E-state index is 14.1. The minimum absolute atomic E-state index is 0.134. The molecule has 3 aromatic rings. The molecule has 1 aliphatic rings. The normalized spacial score (nSPS) is 16.3. The highest BCUT2D eigenvalue weighted by Crippen LogP contribution is 2.26. The Morgan fingerprint density at radius 2 is 1.37 bits per heavy atom. The van der Waals surface area contributed by atoms with E-state index in [1.165, 1.54) is 34.6 Å². The van der Waals surface area contributed by atoms with Gasteiger partial charge < -0.3 is 4.74 Å².